The summed E-state index contributed by atoms with van der Waals surface area (Å²) < 4.78 is 1.16. The molecule has 0 saturated carbocycles. The molecule has 1 fully saturated rings. The first kappa shape index (κ1) is 12.5. The molecule has 1 nitrogen and oxygen atoms in total. The first-order chi connectivity index (χ1) is 6.80. The van der Waals surface area contributed by atoms with Gasteiger partial charge in [-0.3, -0.25) is 0 Å². The highest BCUT2D eigenvalue weighted by Crippen LogP contribution is 2.30. The molecule has 0 aromatic rings. The topological polar surface area (TPSA) is 0 Å². The molecule has 2 unspecified atom stereocenters. The zero-order valence-corrected chi connectivity index (χ0v) is 11.2. The van der Waals surface area contributed by atoms with Crippen LogP contribution in [0, 0.1) is 11.8 Å². The lowest BCUT2D eigenvalue weighted by Crippen LogP contribution is -2.36. The maximum Gasteiger partial charge on any atom is 0.0854 e. The number of hydrogen-bond donors (Lipinski definition) is 0. The van der Waals surface area contributed by atoms with Gasteiger partial charge in [0, 0.05) is 11.8 Å². The number of quaternary nitrogens is 1. The van der Waals surface area contributed by atoms with Crippen LogP contribution in [-0.4, -0.2) is 31.7 Å². The van der Waals surface area contributed by atoms with Crippen LogP contribution in [0.15, 0.2) is 23.3 Å². The van der Waals surface area contributed by atoms with Gasteiger partial charge in [-0.2, -0.15) is 0 Å². The van der Waals surface area contributed by atoms with E-state index in [1.807, 2.05) is 0 Å². The standard InChI is InChI=1S/C14H26N/c1-11(2)7-13-9-15(5,6)10-14(13)8-12(3)4/h7-8,13-14H,9-10H2,1-6H3/q+1. The van der Waals surface area contributed by atoms with E-state index in [0.717, 1.165) is 16.3 Å². The van der Waals surface area contributed by atoms with Gasteiger partial charge in [-0.05, 0) is 27.7 Å². The summed E-state index contributed by atoms with van der Waals surface area (Å²) in [7, 11) is 4.68. The van der Waals surface area contributed by atoms with Crippen LogP contribution in [0.5, 0.6) is 0 Å². The second-order valence-corrected chi connectivity index (χ2v) is 6.12. The Morgan fingerprint density at radius 2 is 1.20 bits per heavy atom. The van der Waals surface area contributed by atoms with E-state index in [2.05, 4.69) is 53.9 Å². The summed E-state index contributed by atoms with van der Waals surface area (Å²) in [6, 6.07) is 0. The molecular weight excluding hydrogens is 182 g/mol. The predicted octanol–water partition coefficient (Wildman–Crippen LogP) is 3.24. The third-order valence-corrected chi connectivity index (χ3v) is 3.05. The molecule has 0 radical (unpaired) electrons. The van der Waals surface area contributed by atoms with Gasteiger partial charge in [-0.25, -0.2) is 0 Å². The first-order valence-electron chi connectivity index (χ1n) is 5.92. The van der Waals surface area contributed by atoms with Crippen LogP contribution in [0.3, 0.4) is 0 Å². The van der Waals surface area contributed by atoms with E-state index in [1.54, 1.807) is 0 Å². The molecule has 1 heterocycles. The smallest absolute Gasteiger partial charge is 0.0854 e. The van der Waals surface area contributed by atoms with Gasteiger partial charge in [0.25, 0.3) is 0 Å². The number of likely N-dealkylation sites (tertiary alicyclic amines) is 1. The lowest BCUT2D eigenvalue weighted by molar-refractivity contribution is -0.880. The molecule has 1 saturated heterocycles. The van der Waals surface area contributed by atoms with E-state index in [-0.39, 0.29) is 0 Å². The van der Waals surface area contributed by atoms with Crippen LogP contribution in [-0.2, 0) is 0 Å². The summed E-state index contributed by atoms with van der Waals surface area (Å²) in [4.78, 5) is 0. The molecule has 0 spiro atoms. The van der Waals surface area contributed by atoms with Crippen molar-refractivity contribution in [3.05, 3.63) is 23.3 Å². The van der Waals surface area contributed by atoms with Gasteiger partial charge in [0.15, 0.2) is 0 Å². The second kappa shape index (κ2) is 4.52. The molecule has 0 amide bonds. The number of nitrogens with zero attached hydrogens (tertiary/aromatic N) is 1. The number of rotatable bonds is 2. The van der Waals surface area contributed by atoms with Gasteiger partial charge >= 0.3 is 0 Å². The minimum atomic E-state index is 0.736. The molecule has 0 aromatic heterocycles. The molecule has 0 aliphatic carbocycles. The highest BCUT2D eigenvalue weighted by atomic mass is 15.3. The van der Waals surface area contributed by atoms with Crippen LogP contribution in [0.25, 0.3) is 0 Å². The highest BCUT2D eigenvalue weighted by molar-refractivity contribution is 5.08. The van der Waals surface area contributed by atoms with Crippen molar-refractivity contribution in [2.75, 3.05) is 27.2 Å². The monoisotopic (exact) mass is 208 g/mol. The lowest BCUT2D eigenvalue weighted by Gasteiger charge is -2.23. The molecule has 15 heavy (non-hydrogen) atoms. The Balaban J connectivity index is 2.84. The minimum Gasteiger partial charge on any atom is -0.327 e. The van der Waals surface area contributed by atoms with Gasteiger partial charge in [0.1, 0.15) is 0 Å². The molecule has 2 atom stereocenters. The molecule has 1 heteroatoms. The number of allylic oxidation sites excluding steroid dienone is 2. The Bertz CT molecular complexity index is 248. The largest absolute Gasteiger partial charge is 0.327 e. The van der Waals surface area contributed by atoms with E-state index < -0.39 is 0 Å². The Morgan fingerprint density at radius 3 is 1.47 bits per heavy atom. The Morgan fingerprint density at radius 1 is 0.867 bits per heavy atom. The van der Waals surface area contributed by atoms with Gasteiger partial charge in [0.05, 0.1) is 27.2 Å². The highest BCUT2D eigenvalue weighted by Gasteiger charge is 2.37. The Labute approximate surface area is 95.1 Å². The van der Waals surface area contributed by atoms with Gasteiger partial charge in [-0.1, -0.05) is 23.3 Å². The van der Waals surface area contributed by atoms with Crippen molar-refractivity contribution in [1.29, 1.82) is 0 Å². The van der Waals surface area contributed by atoms with E-state index in [0.29, 0.717) is 0 Å². The van der Waals surface area contributed by atoms with Crippen molar-refractivity contribution < 1.29 is 4.48 Å². The van der Waals surface area contributed by atoms with Crippen molar-refractivity contribution in [1.82, 2.24) is 0 Å². The quantitative estimate of drug-likeness (QED) is 0.483. The average molecular weight is 208 g/mol. The minimum absolute atomic E-state index is 0.736. The zero-order valence-electron chi connectivity index (χ0n) is 11.2. The fraction of sp³-hybridized carbons (Fsp3) is 0.714. The van der Waals surface area contributed by atoms with E-state index in [4.69, 9.17) is 0 Å². The van der Waals surface area contributed by atoms with Crippen molar-refractivity contribution in [3.63, 3.8) is 0 Å². The molecule has 1 rings (SSSR count). The van der Waals surface area contributed by atoms with Gasteiger partial charge in [-0.15, -0.1) is 0 Å². The fourth-order valence-corrected chi connectivity index (χ4v) is 2.70. The maximum atomic E-state index is 2.46. The molecule has 1 aliphatic rings. The normalized spacial score (nSPS) is 28.7. The van der Waals surface area contributed by atoms with Crippen LogP contribution >= 0.6 is 0 Å². The molecule has 0 bridgehead atoms. The SMILES string of the molecule is CC(C)=CC1C[N+](C)(C)CC1C=C(C)C. The molecular formula is C14H26N+. The Kier molecular flexibility index (Phi) is 3.77. The summed E-state index contributed by atoms with van der Waals surface area (Å²) in [5.41, 5.74) is 2.91. The summed E-state index contributed by atoms with van der Waals surface area (Å²) in [5, 5.41) is 0. The molecule has 86 valence electrons. The van der Waals surface area contributed by atoms with Gasteiger partial charge < -0.3 is 4.48 Å². The van der Waals surface area contributed by atoms with Crippen molar-refractivity contribution in [2.45, 2.75) is 27.7 Å². The summed E-state index contributed by atoms with van der Waals surface area (Å²) in [6.07, 6.45) is 4.91. The first-order valence-corrected chi connectivity index (χ1v) is 5.92. The maximum absolute atomic E-state index is 2.46. The summed E-state index contributed by atoms with van der Waals surface area (Å²) in [5.74, 6) is 1.47. The van der Waals surface area contributed by atoms with E-state index >= 15 is 0 Å². The van der Waals surface area contributed by atoms with Crippen LogP contribution in [0.2, 0.25) is 0 Å². The zero-order chi connectivity index (χ0) is 11.6. The molecule has 1 aliphatic heterocycles. The van der Waals surface area contributed by atoms with Crippen LogP contribution in [0.4, 0.5) is 0 Å². The van der Waals surface area contributed by atoms with Crippen molar-refractivity contribution >= 4 is 0 Å². The van der Waals surface area contributed by atoms with Crippen molar-refractivity contribution in [2.24, 2.45) is 11.8 Å². The lowest BCUT2D eigenvalue weighted by atomic mass is 9.92. The predicted molar refractivity (Wildman–Crippen MR) is 67.7 cm³/mol. The van der Waals surface area contributed by atoms with Crippen molar-refractivity contribution in [3.8, 4) is 0 Å². The third kappa shape index (κ3) is 3.83. The summed E-state index contributed by atoms with van der Waals surface area (Å²) >= 11 is 0. The summed E-state index contributed by atoms with van der Waals surface area (Å²) in [6.45, 7) is 11.4. The van der Waals surface area contributed by atoms with E-state index in [9.17, 15) is 0 Å². The van der Waals surface area contributed by atoms with E-state index in [1.165, 1.54) is 24.2 Å². The average Bonchev–Trinajstić information content (AvgIpc) is 2.22. The Hall–Kier alpha value is -0.560. The van der Waals surface area contributed by atoms with Crippen LogP contribution < -0.4 is 0 Å². The van der Waals surface area contributed by atoms with Gasteiger partial charge in [0.2, 0.25) is 0 Å². The third-order valence-electron chi connectivity index (χ3n) is 3.05. The van der Waals surface area contributed by atoms with Crippen LogP contribution in [0.1, 0.15) is 27.7 Å². The molecule has 0 N–H and O–H groups in total. The fourth-order valence-electron chi connectivity index (χ4n) is 2.70. The second-order valence-electron chi connectivity index (χ2n) is 6.12. The number of hydrogen-bond acceptors (Lipinski definition) is 0. The molecule has 0 aromatic carbocycles.